The summed E-state index contributed by atoms with van der Waals surface area (Å²) in [5, 5.41) is 10.9. The minimum Gasteiger partial charge on any atom is -0.665 e. The van der Waals surface area contributed by atoms with E-state index in [0.29, 0.717) is 11.8 Å². The fraction of sp³-hybridized carbons (Fsp3) is 0.383. The fourth-order valence-corrected chi connectivity index (χ4v) is 8.64. The number of nitrogens with zero attached hydrogens (tertiary/aromatic N) is 2. The number of aliphatic hydroxyl groups excluding tert-OH is 1. The molecule has 5 rings (SSSR count). The van der Waals surface area contributed by atoms with E-state index in [1.165, 1.54) is 33.5 Å². The standard InChI is InChI=1S/C19H24O.C12H17N.C10H12.C6H8N.Mo/c1-11-7-13(3)17(14(4)8-11)19(20)18-15(5)9-12(2)10-16(18)6;1-8(2)10-6-5-7-11(9(3)4)12(10)13;1-10(2,3)9-7-5-4-6-8-9;1-5-3-4-6(2)7-5;/h7-10,19-20H,1-6H3;5-9H,1-4H3;1,4-8H,2-3H3;3-4H,1-2H3;/q;;;-1;. The van der Waals surface area contributed by atoms with Crippen LogP contribution in [-0.4, -0.2) is 9.51 Å². The molecule has 0 bridgehead atoms. The Morgan fingerprint density at radius 2 is 1.02 bits per heavy atom. The normalized spacial score (nSPS) is 11.2. The van der Waals surface area contributed by atoms with E-state index in [0.717, 1.165) is 44.8 Å². The van der Waals surface area contributed by atoms with Crippen molar-refractivity contribution in [3.8, 4) is 0 Å². The first-order valence-corrected chi connectivity index (χ1v) is 20.3. The van der Waals surface area contributed by atoms with E-state index in [4.69, 9.17) is 3.50 Å². The minimum atomic E-state index is -0.553. The number of aliphatic hydroxyl groups is 1. The van der Waals surface area contributed by atoms with Crippen LogP contribution >= 0.6 is 0 Å². The van der Waals surface area contributed by atoms with Gasteiger partial charge in [-0.1, -0.05) is 61.4 Å². The zero-order chi connectivity index (χ0) is 38.0. The summed E-state index contributed by atoms with van der Waals surface area (Å²) in [6.45, 7) is 30.1. The third-order valence-corrected chi connectivity index (χ3v) is 11.7. The molecule has 4 aromatic carbocycles. The van der Waals surface area contributed by atoms with Crippen LogP contribution in [0.15, 0.2) is 88.4 Å². The van der Waals surface area contributed by atoms with E-state index in [9.17, 15) is 5.11 Å². The van der Waals surface area contributed by atoms with Gasteiger partial charge in [-0.2, -0.15) is 11.4 Å². The van der Waals surface area contributed by atoms with E-state index in [-0.39, 0.29) is 5.41 Å². The molecule has 0 atom stereocenters. The van der Waals surface area contributed by atoms with Crippen LogP contribution in [0.2, 0.25) is 0 Å². The Labute approximate surface area is 317 Å². The van der Waals surface area contributed by atoms with Gasteiger partial charge in [-0.3, -0.25) is 0 Å². The first-order chi connectivity index (χ1) is 23.9. The van der Waals surface area contributed by atoms with Crippen molar-refractivity contribution in [3.05, 3.63) is 158 Å². The van der Waals surface area contributed by atoms with Crippen molar-refractivity contribution in [2.24, 2.45) is 3.50 Å². The third-order valence-electron chi connectivity index (χ3n) is 9.29. The van der Waals surface area contributed by atoms with Gasteiger partial charge >= 0.3 is 156 Å². The maximum atomic E-state index is 10.9. The van der Waals surface area contributed by atoms with Gasteiger partial charge in [0.05, 0.1) is 0 Å². The van der Waals surface area contributed by atoms with E-state index >= 15 is 0 Å². The van der Waals surface area contributed by atoms with Crippen LogP contribution < -0.4 is 4.98 Å². The number of aryl methyl sites for hydroxylation is 8. The Kier molecular flexibility index (Phi) is 15.5. The first kappa shape index (κ1) is 41.9. The molecule has 0 unspecified atom stereocenters. The van der Waals surface area contributed by atoms with Crippen LogP contribution in [0.25, 0.3) is 0 Å². The smallest absolute Gasteiger partial charge is 0.105 e. The first-order valence-electron chi connectivity index (χ1n) is 18.2. The van der Waals surface area contributed by atoms with Crippen molar-refractivity contribution in [1.29, 1.82) is 0 Å². The average molecular weight is 766 g/mol. The summed E-state index contributed by atoms with van der Waals surface area (Å²) < 4.78 is 7.59. The van der Waals surface area contributed by atoms with Gasteiger partial charge in [0.25, 0.3) is 0 Å². The molecule has 4 heteroatoms. The Hall–Kier alpha value is -3.52. The van der Waals surface area contributed by atoms with E-state index in [2.05, 4.69) is 165 Å². The predicted octanol–water partition coefficient (Wildman–Crippen LogP) is 12.5. The molecule has 5 aromatic rings. The van der Waals surface area contributed by atoms with Crippen molar-refractivity contribution < 1.29 is 23.0 Å². The molecule has 0 aliphatic rings. The number of benzene rings is 4. The second-order valence-electron chi connectivity index (χ2n) is 15.3. The second-order valence-corrected chi connectivity index (χ2v) is 16.8. The van der Waals surface area contributed by atoms with E-state index in [1.807, 2.05) is 26.0 Å². The van der Waals surface area contributed by atoms with Crippen LogP contribution in [0.3, 0.4) is 0 Å². The van der Waals surface area contributed by atoms with Gasteiger partial charge in [0.2, 0.25) is 0 Å². The summed E-state index contributed by atoms with van der Waals surface area (Å²) in [6, 6.07) is 30.0. The zero-order valence-electron chi connectivity index (χ0n) is 33.6. The summed E-state index contributed by atoms with van der Waals surface area (Å²) >= 11 is -0.553. The molecule has 0 amide bonds. The SMILES string of the molecule is CC(C)c1cccc(C(C)C)c1[N]=[Mo]=[CH]C(C)(C)c1ccccc1.Cc1cc(C)c(C(O)c2c(C)cc(C)cc2C)c(C)c1.Cc1ccc(C)[n-]1. The van der Waals surface area contributed by atoms with E-state index in [1.54, 1.807) is 0 Å². The molecule has 0 spiro atoms. The number of rotatable bonds is 7. The topological polar surface area (TPSA) is 46.7 Å². The van der Waals surface area contributed by atoms with Gasteiger partial charge in [0.1, 0.15) is 6.10 Å². The largest absolute Gasteiger partial charge is 0.665 e. The van der Waals surface area contributed by atoms with Gasteiger partial charge in [0.15, 0.2) is 0 Å². The van der Waals surface area contributed by atoms with Gasteiger partial charge < -0.3 is 10.1 Å². The van der Waals surface area contributed by atoms with Gasteiger partial charge in [-0.05, 0) is 74.9 Å². The average Bonchev–Trinajstić information content (AvgIpc) is 3.42. The van der Waals surface area contributed by atoms with Crippen molar-refractivity contribution in [3.63, 3.8) is 0 Å². The molecule has 51 heavy (non-hydrogen) atoms. The molecule has 0 aliphatic carbocycles. The molecule has 0 saturated carbocycles. The fourth-order valence-electron chi connectivity index (χ4n) is 6.75. The molecule has 0 saturated heterocycles. The van der Waals surface area contributed by atoms with Crippen LogP contribution in [0.1, 0.15) is 132 Å². The molecule has 0 radical (unpaired) electrons. The van der Waals surface area contributed by atoms with Crippen LogP contribution in [0.5, 0.6) is 0 Å². The summed E-state index contributed by atoms with van der Waals surface area (Å²) in [4.78, 5) is 4.11. The minimum absolute atomic E-state index is 0.0811. The number of aromatic nitrogens is 1. The summed E-state index contributed by atoms with van der Waals surface area (Å²) in [5.41, 5.74) is 16.9. The Balaban J connectivity index is 0.000000234. The van der Waals surface area contributed by atoms with Crippen molar-refractivity contribution in [2.45, 2.75) is 120 Å². The maximum Gasteiger partial charge on any atom is 0.105 e. The number of hydrogen-bond acceptors (Lipinski definition) is 2. The van der Waals surface area contributed by atoms with Crippen molar-refractivity contribution in [2.75, 3.05) is 0 Å². The molecule has 1 heterocycles. The monoisotopic (exact) mass is 767 g/mol. The molecule has 1 N–H and O–H groups in total. The Bertz CT molecular complexity index is 1810. The summed E-state index contributed by atoms with van der Waals surface area (Å²) in [7, 11) is 0. The molecule has 1 aromatic heterocycles. The number of hydrogen-bond donors (Lipinski definition) is 1. The Morgan fingerprint density at radius 3 is 1.37 bits per heavy atom. The van der Waals surface area contributed by atoms with Gasteiger partial charge in [0, 0.05) is 0 Å². The maximum absolute atomic E-state index is 10.9. The van der Waals surface area contributed by atoms with Crippen molar-refractivity contribution in [1.82, 2.24) is 4.98 Å². The third kappa shape index (κ3) is 11.7. The van der Waals surface area contributed by atoms with E-state index < -0.39 is 24.0 Å². The predicted molar refractivity (Wildman–Crippen MR) is 217 cm³/mol. The van der Waals surface area contributed by atoms with Gasteiger partial charge in [-0.25, -0.2) is 0 Å². The Morgan fingerprint density at radius 1 is 0.608 bits per heavy atom. The zero-order valence-corrected chi connectivity index (χ0v) is 35.6. The van der Waals surface area contributed by atoms with Crippen LogP contribution in [0, 0.1) is 55.4 Å². The molecular formula is C47H61MoN2O-. The quantitative estimate of drug-likeness (QED) is 0.168. The molecular weight excluding hydrogens is 704 g/mol. The second kappa shape index (κ2) is 18.8. The summed E-state index contributed by atoms with van der Waals surface area (Å²) in [6.07, 6.45) is -0.545. The molecule has 0 aliphatic heterocycles. The molecule has 3 nitrogen and oxygen atoms in total. The summed E-state index contributed by atoms with van der Waals surface area (Å²) in [5.74, 6) is 1.02. The van der Waals surface area contributed by atoms with Crippen LogP contribution in [-0.2, 0) is 23.3 Å². The van der Waals surface area contributed by atoms with Crippen molar-refractivity contribution >= 4 is 10.1 Å². The molecule has 272 valence electrons. The van der Waals surface area contributed by atoms with Gasteiger partial charge in [-0.15, -0.1) is 0 Å². The molecule has 0 fully saturated rings. The van der Waals surface area contributed by atoms with Crippen LogP contribution in [0.4, 0.5) is 5.69 Å².